The van der Waals surface area contributed by atoms with Crippen LogP contribution in [-0.2, 0) is 6.54 Å². The number of urea groups is 1. The molecule has 0 spiro atoms. The molecule has 0 heterocycles. The Morgan fingerprint density at radius 1 is 1.09 bits per heavy atom. The van der Waals surface area contributed by atoms with Crippen LogP contribution in [-0.4, -0.2) is 38.1 Å². The zero-order valence-corrected chi connectivity index (χ0v) is 14.3. The maximum Gasteiger partial charge on any atom is 0.317 e. The van der Waals surface area contributed by atoms with Gasteiger partial charge in [-0.05, 0) is 29.8 Å². The van der Waals surface area contributed by atoms with E-state index >= 15 is 0 Å². The Balaban J connectivity index is 1.76. The van der Waals surface area contributed by atoms with Gasteiger partial charge in [-0.3, -0.25) is 0 Å². The van der Waals surface area contributed by atoms with Crippen molar-refractivity contribution in [3.8, 4) is 0 Å². The van der Waals surface area contributed by atoms with Crippen LogP contribution < -0.4 is 10.2 Å². The zero-order valence-electron chi connectivity index (χ0n) is 13.5. The van der Waals surface area contributed by atoms with Gasteiger partial charge >= 0.3 is 6.03 Å². The first-order valence-electron chi connectivity index (χ1n) is 7.56. The van der Waals surface area contributed by atoms with Gasteiger partial charge in [0.15, 0.2) is 0 Å². The van der Waals surface area contributed by atoms with Gasteiger partial charge in [0.2, 0.25) is 0 Å². The minimum absolute atomic E-state index is 0.0913. The van der Waals surface area contributed by atoms with E-state index in [4.69, 9.17) is 11.6 Å². The van der Waals surface area contributed by atoms with Gasteiger partial charge in [0.25, 0.3) is 0 Å². The van der Waals surface area contributed by atoms with Crippen LogP contribution in [0.15, 0.2) is 54.6 Å². The third kappa shape index (κ3) is 5.49. The highest BCUT2D eigenvalue weighted by Crippen LogP contribution is 2.12. The summed E-state index contributed by atoms with van der Waals surface area (Å²) in [6, 6.07) is 17.5. The van der Waals surface area contributed by atoms with Crippen LogP contribution in [0.3, 0.4) is 0 Å². The number of likely N-dealkylation sites (N-methyl/N-ethyl adjacent to an activating group) is 1. The molecule has 122 valence electrons. The van der Waals surface area contributed by atoms with Gasteiger partial charge in [0.1, 0.15) is 0 Å². The lowest BCUT2D eigenvalue weighted by atomic mass is 10.2. The van der Waals surface area contributed by atoms with E-state index in [1.54, 1.807) is 11.9 Å². The van der Waals surface area contributed by atoms with Crippen molar-refractivity contribution in [2.45, 2.75) is 6.54 Å². The SMILES string of the molecule is CN(Cc1cccc(Cl)c1)C(=O)NCCN(C)c1ccccc1. The molecule has 0 aromatic heterocycles. The highest BCUT2D eigenvalue weighted by molar-refractivity contribution is 6.30. The van der Waals surface area contributed by atoms with Crippen molar-refractivity contribution in [3.05, 3.63) is 65.2 Å². The van der Waals surface area contributed by atoms with Gasteiger partial charge in [-0.15, -0.1) is 0 Å². The average molecular weight is 332 g/mol. The number of nitrogens with one attached hydrogen (secondary N) is 1. The van der Waals surface area contributed by atoms with E-state index in [2.05, 4.69) is 10.2 Å². The third-order valence-electron chi connectivity index (χ3n) is 3.58. The van der Waals surface area contributed by atoms with Gasteiger partial charge < -0.3 is 15.1 Å². The quantitative estimate of drug-likeness (QED) is 0.877. The molecule has 0 aliphatic heterocycles. The fourth-order valence-electron chi connectivity index (χ4n) is 2.26. The van der Waals surface area contributed by atoms with Crippen molar-refractivity contribution < 1.29 is 4.79 Å². The average Bonchev–Trinajstić information content (AvgIpc) is 2.55. The van der Waals surface area contributed by atoms with Crippen LogP contribution in [0.5, 0.6) is 0 Å². The summed E-state index contributed by atoms with van der Waals surface area (Å²) in [5.74, 6) is 0. The number of carbonyl (C=O) groups excluding carboxylic acids is 1. The molecule has 23 heavy (non-hydrogen) atoms. The summed E-state index contributed by atoms with van der Waals surface area (Å²) in [6.45, 7) is 1.87. The summed E-state index contributed by atoms with van der Waals surface area (Å²) in [6.07, 6.45) is 0. The lowest BCUT2D eigenvalue weighted by Crippen LogP contribution is -2.40. The van der Waals surface area contributed by atoms with Crippen molar-refractivity contribution in [3.63, 3.8) is 0 Å². The number of hydrogen-bond acceptors (Lipinski definition) is 2. The minimum Gasteiger partial charge on any atom is -0.373 e. The largest absolute Gasteiger partial charge is 0.373 e. The minimum atomic E-state index is -0.0913. The Kier molecular flexibility index (Phi) is 6.29. The highest BCUT2D eigenvalue weighted by atomic mass is 35.5. The van der Waals surface area contributed by atoms with E-state index in [0.29, 0.717) is 18.1 Å². The number of carbonyl (C=O) groups is 1. The number of hydrogen-bond donors (Lipinski definition) is 1. The second-order valence-corrected chi connectivity index (χ2v) is 5.91. The Morgan fingerprint density at radius 2 is 1.83 bits per heavy atom. The van der Waals surface area contributed by atoms with Crippen LogP contribution in [0.4, 0.5) is 10.5 Å². The first-order valence-corrected chi connectivity index (χ1v) is 7.93. The second kappa shape index (κ2) is 8.44. The van der Waals surface area contributed by atoms with Crippen LogP contribution in [0.2, 0.25) is 5.02 Å². The molecule has 0 saturated carbocycles. The molecular formula is C18H22ClN3O. The van der Waals surface area contributed by atoms with E-state index in [1.807, 2.05) is 61.6 Å². The Hall–Kier alpha value is -2.20. The van der Waals surface area contributed by atoms with Gasteiger partial charge in [-0.1, -0.05) is 41.9 Å². The molecule has 0 fully saturated rings. The molecule has 1 N–H and O–H groups in total. The standard InChI is InChI=1S/C18H22ClN3O/c1-21(17-9-4-3-5-10-17)12-11-20-18(23)22(2)14-15-7-6-8-16(19)13-15/h3-10,13H,11-12,14H2,1-2H3,(H,20,23). The van der Waals surface area contributed by atoms with Gasteiger partial charge in [0, 0.05) is 44.4 Å². The smallest absolute Gasteiger partial charge is 0.317 e. The Bertz CT molecular complexity index is 633. The molecule has 2 aromatic carbocycles. The lowest BCUT2D eigenvalue weighted by Gasteiger charge is -2.22. The van der Waals surface area contributed by atoms with Crippen LogP contribution >= 0.6 is 11.6 Å². The Labute approximate surface area is 142 Å². The number of anilines is 1. The van der Waals surface area contributed by atoms with Crippen molar-refractivity contribution >= 4 is 23.3 Å². The molecule has 0 atom stereocenters. The summed E-state index contributed by atoms with van der Waals surface area (Å²) in [5, 5.41) is 3.61. The fourth-order valence-corrected chi connectivity index (χ4v) is 2.47. The van der Waals surface area contributed by atoms with Crippen molar-refractivity contribution in [2.75, 3.05) is 32.1 Å². The molecule has 0 aliphatic rings. The van der Waals surface area contributed by atoms with Crippen molar-refractivity contribution in [1.29, 1.82) is 0 Å². The van der Waals surface area contributed by atoms with Crippen LogP contribution in [0.1, 0.15) is 5.56 Å². The number of amides is 2. The molecule has 4 nitrogen and oxygen atoms in total. The number of rotatable bonds is 6. The maximum absolute atomic E-state index is 12.1. The summed E-state index contributed by atoms with van der Waals surface area (Å²) >= 11 is 5.96. The topological polar surface area (TPSA) is 35.6 Å². The molecule has 2 rings (SSSR count). The molecule has 0 saturated heterocycles. The molecule has 0 aliphatic carbocycles. The molecular weight excluding hydrogens is 310 g/mol. The number of halogens is 1. The van der Waals surface area contributed by atoms with Crippen molar-refractivity contribution in [2.24, 2.45) is 0 Å². The van der Waals surface area contributed by atoms with Crippen molar-refractivity contribution in [1.82, 2.24) is 10.2 Å². The summed E-state index contributed by atoms with van der Waals surface area (Å²) in [5.41, 5.74) is 2.14. The predicted molar refractivity (Wildman–Crippen MR) is 96.0 cm³/mol. The van der Waals surface area contributed by atoms with E-state index in [-0.39, 0.29) is 6.03 Å². The maximum atomic E-state index is 12.1. The monoisotopic (exact) mass is 331 g/mol. The first kappa shape index (κ1) is 17.2. The normalized spacial score (nSPS) is 10.2. The molecule has 2 amide bonds. The molecule has 0 bridgehead atoms. The summed E-state index contributed by atoms with van der Waals surface area (Å²) in [4.78, 5) is 15.9. The highest BCUT2D eigenvalue weighted by Gasteiger charge is 2.09. The predicted octanol–water partition coefficient (Wildman–Crippen LogP) is 3.62. The van der Waals surface area contributed by atoms with E-state index in [9.17, 15) is 4.79 Å². The molecule has 5 heteroatoms. The van der Waals surface area contributed by atoms with Crippen LogP contribution in [0.25, 0.3) is 0 Å². The fraction of sp³-hybridized carbons (Fsp3) is 0.278. The van der Waals surface area contributed by atoms with E-state index < -0.39 is 0 Å². The summed E-state index contributed by atoms with van der Waals surface area (Å²) < 4.78 is 0. The second-order valence-electron chi connectivity index (χ2n) is 5.48. The van der Waals surface area contributed by atoms with Crippen LogP contribution in [0, 0.1) is 0 Å². The van der Waals surface area contributed by atoms with Gasteiger partial charge in [-0.2, -0.15) is 0 Å². The number of para-hydroxylation sites is 1. The van der Waals surface area contributed by atoms with Gasteiger partial charge in [0.05, 0.1) is 0 Å². The van der Waals surface area contributed by atoms with E-state index in [1.165, 1.54) is 0 Å². The summed E-state index contributed by atoms with van der Waals surface area (Å²) in [7, 11) is 3.79. The Morgan fingerprint density at radius 3 is 2.52 bits per heavy atom. The van der Waals surface area contributed by atoms with Gasteiger partial charge in [-0.25, -0.2) is 4.79 Å². The third-order valence-corrected chi connectivity index (χ3v) is 3.81. The van der Waals surface area contributed by atoms with E-state index in [0.717, 1.165) is 17.8 Å². The lowest BCUT2D eigenvalue weighted by molar-refractivity contribution is 0.207. The molecule has 2 aromatic rings. The number of benzene rings is 2. The zero-order chi connectivity index (χ0) is 16.7. The first-order chi connectivity index (χ1) is 11.1. The molecule has 0 unspecified atom stereocenters. The molecule has 0 radical (unpaired) electrons. The number of nitrogens with zero attached hydrogens (tertiary/aromatic N) is 2.